The number of hydrogen-bond acceptors (Lipinski definition) is 0. The van der Waals surface area contributed by atoms with Crippen LogP contribution >= 0.6 is 0 Å². The van der Waals surface area contributed by atoms with Gasteiger partial charge in [0.1, 0.15) is 5.82 Å². The molecule has 3 rings (SSSR count). The van der Waals surface area contributed by atoms with E-state index in [1.54, 1.807) is 6.07 Å². The van der Waals surface area contributed by atoms with Gasteiger partial charge in [-0.05, 0) is 79.3 Å². The van der Waals surface area contributed by atoms with Crippen LogP contribution in [-0.2, 0) is 6.42 Å². The van der Waals surface area contributed by atoms with Gasteiger partial charge in [-0.2, -0.15) is 0 Å². The number of halogens is 1. The Hall–Kier alpha value is -2.07. The molecule has 1 fully saturated rings. The molecule has 0 atom stereocenters. The van der Waals surface area contributed by atoms with E-state index in [1.807, 2.05) is 12.1 Å². The van der Waals surface area contributed by atoms with E-state index in [0.29, 0.717) is 5.92 Å². The molecule has 0 heterocycles. The number of hydrogen-bond donors (Lipinski definition) is 0. The van der Waals surface area contributed by atoms with Gasteiger partial charge in [-0.1, -0.05) is 88.5 Å². The Balaban J connectivity index is 1.51. The molecule has 2 aromatic rings. The molecule has 0 amide bonds. The Labute approximate surface area is 189 Å². The van der Waals surface area contributed by atoms with Crippen molar-refractivity contribution in [2.75, 3.05) is 0 Å². The smallest absolute Gasteiger partial charge is 0.127 e. The average molecular weight is 419 g/mol. The van der Waals surface area contributed by atoms with Gasteiger partial charge < -0.3 is 0 Å². The summed E-state index contributed by atoms with van der Waals surface area (Å²) in [7, 11) is 0. The minimum absolute atomic E-state index is 0.0872. The molecule has 1 saturated carbocycles. The van der Waals surface area contributed by atoms with Crippen molar-refractivity contribution in [3.05, 3.63) is 59.4 Å². The van der Waals surface area contributed by atoms with Gasteiger partial charge in [0.25, 0.3) is 0 Å². The quantitative estimate of drug-likeness (QED) is 0.281. The first-order valence-corrected chi connectivity index (χ1v) is 12.6. The molecule has 0 nitrogen and oxygen atoms in total. The van der Waals surface area contributed by atoms with Crippen LogP contribution < -0.4 is 0 Å². The van der Waals surface area contributed by atoms with Crippen molar-refractivity contribution in [2.24, 2.45) is 11.8 Å². The summed E-state index contributed by atoms with van der Waals surface area (Å²) in [6.07, 6.45) is 15.1. The SMILES string of the molecule is CCCCCCC1CCC(C#Cc2ccc(-c3ccc(CCCC)c(F)c3)cc2)CC1. The van der Waals surface area contributed by atoms with E-state index in [2.05, 4.69) is 50.0 Å². The van der Waals surface area contributed by atoms with Crippen LogP contribution in [0.1, 0.15) is 95.6 Å². The largest absolute Gasteiger partial charge is 0.207 e. The third kappa shape index (κ3) is 7.53. The van der Waals surface area contributed by atoms with Crippen molar-refractivity contribution in [3.63, 3.8) is 0 Å². The summed E-state index contributed by atoms with van der Waals surface area (Å²) in [5, 5.41) is 0. The lowest BCUT2D eigenvalue weighted by atomic mass is 9.80. The Kier molecular flexibility index (Phi) is 9.67. The lowest BCUT2D eigenvalue weighted by Gasteiger charge is -2.25. The number of unbranched alkanes of at least 4 members (excludes halogenated alkanes) is 4. The summed E-state index contributed by atoms with van der Waals surface area (Å²) in [6.45, 7) is 4.42. The van der Waals surface area contributed by atoms with Crippen LogP contribution in [0, 0.1) is 29.5 Å². The van der Waals surface area contributed by atoms with Crippen LogP contribution in [0.15, 0.2) is 42.5 Å². The second-order valence-electron chi connectivity index (χ2n) is 9.32. The van der Waals surface area contributed by atoms with E-state index >= 15 is 0 Å². The maximum atomic E-state index is 14.4. The fourth-order valence-corrected chi connectivity index (χ4v) is 4.68. The topological polar surface area (TPSA) is 0 Å². The van der Waals surface area contributed by atoms with Crippen molar-refractivity contribution in [3.8, 4) is 23.0 Å². The van der Waals surface area contributed by atoms with E-state index < -0.39 is 0 Å². The second kappa shape index (κ2) is 12.7. The molecule has 0 unspecified atom stereocenters. The zero-order valence-corrected chi connectivity index (χ0v) is 19.6. The Bertz CT molecular complexity index is 844. The van der Waals surface area contributed by atoms with Crippen molar-refractivity contribution in [2.45, 2.75) is 90.9 Å². The fraction of sp³-hybridized carbons (Fsp3) is 0.533. The molecule has 2 aromatic carbocycles. The standard InChI is InChI=1S/C30H39F/c1-3-5-7-8-9-24-11-13-25(14-12-24)15-16-26-17-19-27(20-18-26)29-22-21-28(10-6-4-2)30(31)23-29/h17-25H,3-14H2,1-2H3. The molecule has 0 saturated heterocycles. The summed E-state index contributed by atoms with van der Waals surface area (Å²) in [5.41, 5.74) is 3.87. The predicted molar refractivity (Wildman–Crippen MR) is 132 cm³/mol. The average Bonchev–Trinajstić information content (AvgIpc) is 2.81. The van der Waals surface area contributed by atoms with Crippen LogP contribution in [0.3, 0.4) is 0 Å². The molecular weight excluding hydrogens is 379 g/mol. The number of benzene rings is 2. The van der Waals surface area contributed by atoms with Gasteiger partial charge in [0.2, 0.25) is 0 Å². The lowest BCUT2D eigenvalue weighted by Crippen LogP contribution is -2.13. The molecule has 0 spiro atoms. The highest BCUT2D eigenvalue weighted by atomic mass is 19.1. The zero-order chi connectivity index (χ0) is 21.9. The van der Waals surface area contributed by atoms with Crippen LogP contribution in [0.2, 0.25) is 0 Å². The summed E-state index contributed by atoms with van der Waals surface area (Å²) >= 11 is 0. The molecular formula is C30H39F. The normalized spacial score (nSPS) is 18.4. The first-order chi connectivity index (χ1) is 15.2. The highest BCUT2D eigenvalue weighted by Crippen LogP contribution is 2.32. The van der Waals surface area contributed by atoms with Gasteiger partial charge in [0, 0.05) is 11.5 Å². The predicted octanol–water partition coefficient (Wildman–Crippen LogP) is 8.96. The molecule has 0 aliphatic heterocycles. The van der Waals surface area contributed by atoms with E-state index in [0.717, 1.165) is 47.4 Å². The minimum atomic E-state index is -0.0872. The third-order valence-electron chi connectivity index (χ3n) is 6.80. The second-order valence-corrected chi connectivity index (χ2v) is 9.32. The van der Waals surface area contributed by atoms with Gasteiger partial charge in [-0.3, -0.25) is 0 Å². The molecule has 31 heavy (non-hydrogen) atoms. The fourth-order valence-electron chi connectivity index (χ4n) is 4.68. The van der Waals surface area contributed by atoms with Crippen LogP contribution in [0.25, 0.3) is 11.1 Å². The Morgan fingerprint density at radius 1 is 0.806 bits per heavy atom. The number of aryl methyl sites for hydroxylation is 1. The van der Waals surface area contributed by atoms with Gasteiger partial charge in [-0.15, -0.1) is 0 Å². The number of rotatable bonds is 9. The summed E-state index contributed by atoms with van der Waals surface area (Å²) in [5.74, 6) is 8.31. The van der Waals surface area contributed by atoms with Crippen molar-refractivity contribution < 1.29 is 4.39 Å². The van der Waals surface area contributed by atoms with E-state index in [1.165, 1.54) is 57.8 Å². The third-order valence-corrected chi connectivity index (χ3v) is 6.80. The zero-order valence-electron chi connectivity index (χ0n) is 19.6. The van der Waals surface area contributed by atoms with E-state index in [-0.39, 0.29) is 5.82 Å². The first kappa shape index (κ1) is 23.6. The van der Waals surface area contributed by atoms with E-state index in [4.69, 9.17) is 0 Å². The summed E-state index contributed by atoms with van der Waals surface area (Å²) in [6, 6.07) is 13.9. The van der Waals surface area contributed by atoms with Crippen molar-refractivity contribution in [1.82, 2.24) is 0 Å². The molecule has 1 aliphatic carbocycles. The van der Waals surface area contributed by atoms with Crippen molar-refractivity contribution in [1.29, 1.82) is 0 Å². The Morgan fingerprint density at radius 3 is 2.19 bits per heavy atom. The lowest BCUT2D eigenvalue weighted by molar-refractivity contribution is 0.294. The van der Waals surface area contributed by atoms with Gasteiger partial charge in [0.15, 0.2) is 0 Å². The molecule has 0 N–H and O–H groups in total. The van der Waals surface area contributed by atoms with Gasteiger partial charge >= 0.3 is 0 Å². The van der Waals surface area contributed by atoms with Gasteiger partial charge in [-0.25, -0.2) is 4.39 Å². The molecule has 0 bridgehead atoms. The molecule has 0 radical (unpaired) electrons. The maximum absolute atomic E-state index is 14.4. The molecule has 1 aliphatic rings. The Morgan fingerprint density at radius 2 is 1.52 bits per heavy atom. The molecule has 1 heteroatoms. The highest BCUT2D eigenvalue weighted by Gasteiger charge is 2.19. The summed E-state index contributed by atoms with van der Waals surface area (Å²) in [4.78, 5) is 0. The molecule has 0 aromatic heterocycles. The van der Waals surface area contributed by atoms with E-state index in [9.17, 15) is 4.39 Å². The monoisotopic (exact) mass is 418 g/mol. The molecule has 166 valence electrons. The van der Waals surface area contributed by atoms with Crippen LogP contribution in [-0.4, -0.2) is 0 Å². The van der Waals surface area contributed by atoms with Crippen LogP contribution in [0.4, 0.5) is 4.39 Å². The van der Waals surface area contributed by atoms with Crippen molar-refractivity contribution >= 4 is 0 Å². The van der Waals surface area contributed by atoms with Crippen LogP contribution in [0.5, 0.6) is 0 Å². The van der Waals surface area contributed by atoms with Gasteiger partial charge in [0.05, 0.1) is 0 Å². The first-order valence-electron chi connectivity index (χ1n) is 12.6. The maximum Gasteiger partial charge on any atom is 0.127 e. The minimum Gasteiger partial charge on any atom is -0.207 e. The summed E-state index contributed by atoms with van der Waals surface area (Å²) < 4.78 is 14.4. The highest BCUT2D eigenvalue weighted by molar-refractivity contribution is 5.65.